The summed E-state index contributed by atoms with van der Waals surface area (Å²) in [5, 5.41) is 3.36. The molecule has 2 aliphatic rings. The van der Waals surface area contributed by atoms with Gasteiger partial charge in [0.2, 0.25) is 0 Å². The number of rotatable bonds is 6. The maximum Gasteiger partial charge on any atom is 0.411 e. The number of nitrogens with zero attached hydrogens (tertiary/aromatic N) is 2. The Bertz CT molecular complexity index is 662. The number of halogens is 4. The molecule has 0 saturated carbocycles. The van der Waals surface area contributed by atoms with Crippen molar-refractivity contribution >= 4 is 29.9 Å². The lowest BCUT2D eigenvalue weighted by Gasteiger charge is -2.25. The summed E-state index contributed by atoms with van der Waals surface area (Å²) in [4.78, 5) is 7.06. The predicted molar refractivity (Wildman–Crippen MR) is 116 cm³/mol. The van der Waals surface area contributed by atoms with E-state index in [2.05, 4.69) is 21.9 Å². The van der Waals surface area contributed by atoms with Crippen LogP contribution in [0.1, 0.15) is 30.9 Å². The van der Waals surface area contributed by atoms with Crippen LogP contribution in [0.15, 0.2) is 29.3 Å². The molecule has 29 heavy (non-hydrogen) atoms. The molecule has 2 saturated heterocycles. The van der Waals surface area contributed by atoms with Crippen molar-refractivity contribution in [2.24, 2.45) is 10.4 Å². The molecule has 2 aliphatic heterocycles. The van der Waals surface area contributed by atoms with Gasteiger partial charge in [0.25, 0.3) is 0 Å². The molecule has 3 rings (SSSR count). The second-order valence-electron chi connectivity index (χ2n) is 7.57. The molecule has 0 aromatic heterocycles. The maximum absolute atomic E-state index is 12.1. The highest BCUT2D eigenvalue weighted by atomic mass is 127. The van der Waals surface area contributed by atoms with Gasteiger partial charge in [0.15, 0.2) is 5.96 Å². The fourth-order valence-corrected chi connectivity index (χ4v) is 3.70. The summed E-state index contributed by atoms with van der Waals surface area (Å²) >= 11 is 0. The first kappa shape index (κ1) is 24.2. The van der Waals surface area contributed by atoms with Crippen molar-refractivity contribution in [1.82, 2.24) is 10.2 Å². The van der Waals surface area contributed by atoms with Crippen molar-refractivity contribution in [3.05, 3.63) is 35.4 Å². The van der Waals surface area contributed by atoms with Crippen LogP contribution < -0.4 is 5.32 Å². The fourth-order valence-electron chi connectivity index (χ4n) is 3.70. The largest absolute Gasteiger partial charge is 0.411 e. The first-order valence-corrected chi connectivity index (χ1v) is 9.72. The van der Waals surface area contributed by atoms with Crippen LogP contribution in [0, 0.1) is 5.41 Å². The summed E-state index contributed by atoms with van der Waals surface area (Å²) in [7, 11) is 0. The second-order valence-corrected chi connectivity index (χ2v) is 7.57. The van der Waals surface area contributed by atoms with Gasteiger partial charge >= 0.3 is 6.18 Å². The van der Waals surface area contributed by atoms with E-state index in [0.717, 1.165) is 57.2 Å². The Balaban J connectivity index is 0.00000300. The van der Waals surface area contributed by atoms with E-state index in [-0.39, 0.29) is 36.0 Å². The number of hydrogen-bond acceptors (Lipinski definition) is 3. The van der Waals surface area contributed by atoms with Crippen LogP contribution in [0.2, 0.25) is 0 Å². The van der Waals surface area contributed by atoms with Crippen LogP contribution in [0.4, 0.5) is 13.2 Å². The molecule has 1 unspecified atom stereocenters. The first-order chi connectivity index (χ1) is 13.4. The standard InChI is InChI=1S/C20H28F3N3O2.HI/c1-2-24-18(26-9-7-19(13-26)8-10-27-14-19)25-11-16-3-5-17(6-4-16)12-28-15-20(21,22)23;/h3-6H,2,7-15H2,1H3,(H,24,25);1H. The zero-order valence-electron chi connectivity index (χ0n) is 16.6. The Kier molecular flexibility index (Phi) is 9.02. The molecule has 0 amide bonds. The number of nitrogens with one attached hydrogen (secondary N) is 1. The Morgan fingerprint density at radius 1 is 1.24 bits per heavy atom. The molecule has 1 atom stereocenters. The molecule has 0 radical (unpaired) electrons. The summed E-state index contributed by atoms with van der Waals surface area (Å²) in [6.45, 7) is 5.72. The van der Waals surface area contributed by atoms with Gasteiger partial charge in [0.05, 0.1) is 19.8 Å². The van der Waals surface area contributed by atoms with Crippen molar-refractivity contribution in [2.45, 2.75) is 39.1 Å². The highest BCUT2D eigenvalue weighted by Crippen LogP contribution is 2.38. The quantitative estimate of drug-likeness (QED) is 0.346. The number of alkyl halides is 3. The van der Waals surface area contributed by atoms with Gasteiger partial charge in [-0.25, -0.2) is 4.99 Å². The third-order valence-electron chi connectivity index (χ3n) is 5.23. The van der Waals surface area contributed by atoms with E-state index in [9.17, 15) is 13.2 Å². The van der Waals surface area contributed by atoms with Gasteiger partial charge in [0.1, 0.15) is 6.61 Å². The summed E-state index contributed by atoms with van der Waals surface area (Å²) in [6.07, 6.45) is -2.05. The minimum Gasteiger partial charge on any atom is -0.381 e. The minimum atomic E-state index is -4.30. The van der Waals surface area contributed by atoms with Crippen LogP contribution in [0.3, 0.4) is 0 Å². The fraction of sp³-hybridized carbons (Fsp3) is 0.650. The van der Waals surface area contributed by atoms with E-state index in [0.29, 0.717) is 12.1 Å². The van der Waals surface area contributed by atoms with Gasteiger partial charge in [-0.2, -0.15) is 13.2 Å². The topological polar surface area (TPSA) is 46.1 Å². The van der Waals surface area contributed by atoms with E-state index < -0.39 is 12.8 Å². The Morgan fingerprint density at radius 3 is 2.59 bits per heavy atom. The molecule has 2 fully saturated rings. The lowest BCUT2D eigenvalue weighted by molar-refractivity contribution is -0.176. The smallest absolute Gasteiger partial charge is 0.381 e. The summed E-state index contributed by atoms with van der Waals surface area (Å²) in [5.74, 6) is 0.906. The average molecular weight is 527 g/mol. The number of benzene rings is 1. The lowest BCUT2D eigenvalue weighted by atomic mass is 9.87. The Labute approximate surface area is 187 Å². The van der Waals surface area contributed by atoms with E-state index >= 15 is 0 Å². The summed E-state index contributed by atoms with van der Waals surface area (Å²) < 4.78 is 46.7. The normalized spacial score (nSPS) is 22.2. The van der Waals surface area contributed by atoms with Crippen LogP contribution in [0.5, 0.6) is 0 Å². The molecule has 2 heterocycles. The van der Waals surface area contributed by atoms with E-state index in [1.807, 2.05) is 12.1 Å². The molecular weight excluding hydrogens is 498 g/mol. The van der Waals surface area contributed by atoms with E-state index in [1.165, 1.54) is 0 Å². The van der Waals surface area contributed by atoms with Gasteiger partial charge in [-0.3, -0.25) is 0 Å². The van der Waals surface area contributed by atoms with Crippen LogP contribution in [0.25, 0.3) is 0 Å². The third kappa shape index (κ3) is 7.29. The predicted octanol–water partition coefficient (Wildman–Crippen LogP) is 3.96. The SMILES string of the molecule is CCNC(=NCc1ccc(COCC(F)(F)F)cc1)N1CCC2(CCOC2)C1.I. The molecule has 0 aliphatic carbocycles. The number of likely N-dealkylation sites (tertiary alicyclic amines) is 1. The van der Waals surface area contributed by atoms with Gasteiger partial charge < -0.3 is 19.7 Å². The third-order valence-corrected chi connectivity index (χ3v) is 5.23. The Morgan fingerprint density at radius 2 is 1.97 bits per heavy atom. The van der Waals surface area contributed by atoms with Gasteiger partial charge in [-0.15, -0.1) is 24.0 Å². The van der Waals surface area contributed by atoms with Crippen molar-refractivity contribution < 1.29 is 22.6 Å². The van der Waals surface area contributed by atoms with Crippen molar-refractivity contribution in [3.63, 3.8) is 0 Å². The van der Waals surface area contributed by atoms with E-state index in [1.54, 1.807) is 12.1 Å². The van der Waals surface area contributed by atoms with E-state index in [4.69, 9.17) is 9.73 Å². The van der Waals surface area contributed by atoms with Gasteiger partial charge in [-0.05, 0) is 30.9 Å². The number of hydrogen-bond donors (Lipinski definition) is 1. The van der Waals surface area contributed by atoms with Crippen LogP contribution >= 0.6 is 24.0 Å². The molecular formula is C20H29F3IN3O2. The van der Waals surface area contributed by atoms with Crippen molar-refractivity contribution in [2.75, 3.05) is 39.5 Å². The molecule has 0 bridgehead atoms. The number of guanidine groups is 1. The number of ether oxygens (including phenoxy) is 2. The maximum atomic E-state index is 12.1. The van der Waals surface area contributed by atoms with Crippen LogP contribution in [-0.4, -0.2) is 56.5 Å². The molecule has 1 spiro atoms. The molecule has 5 nitrogen and oxygen atoms in total. The van der Waals surface area contributed by atoms with Crippen LogP contribution in [-0.2, 0) is 22.6 Å². The number of aliphatic imine (C=N–C) groups is 1. The zero-order valence-corrected chi connectivity index (χ0v) is 19.0. The highest BCUT2D eigenvalue weighted by Gasteiger charge is 2.42. The second kappa shape index (κ2) is 10.8. The molecule has 1 aromatic carbocycles. The lowest BCUT2D eigenvalue weighted by Crippen LogP contribution is -2.41. The molecule has 9 heteroatoms. The summed E-state index contributed by atoms with van der Waals surface area (Å²) in [5.41, 5.74) is 1.99. The van der Waals surface area contributed by atoms with Gasteiger partial charge in [0, 0.05) is 31.7 Å². The first-order valence-electron chi connectivity index (χ1n) is 9.72. The highest BCUT2D eigenvalue weighted by molar-refractivity contribution is 14.0. The molecule has 164 valence electrons. The zero-order chi connectivity index (χ0) is 20.0. The molecule has 1 aromatic rings. The van der Waals surface area contributed by atoms with Crippen molar-refractivity contribution in [3.8, 4) is 0 Å². The van der Waals surface area contributed by atoms with Crippen molar-refractivity contribution in [1.29, 1.82) is 0 Å². The summed E-state index contributed by atoms with van der Waals surface area (Å²) in [6, 6.07) is 7.34. The Hall–Kier alpha value is -1.07. The average Bonchev–Trinajstić information content (AvgIpc) is 3.29. The molecule has 1 N–H and O–H groups in total. The van der Waals surface area contributed by atoms with Gasteiger partial charge in [-0.1, -0.05) is 24.3 Å². The minimum absolute atomic E-state index is 0. The monoisotopic (exact) mass is 527 g/mol.